The van der Waals surface area contributed by atoms with E-state index in [0.717, 1.165) is 36.8 Å². The lowest BCUT2D eigenvalue weighted by Gasteiger charge is -2.13. The number of carbonyl (C=O) groups excluding carboxylic acids is 2. The Balaban J connectivity index is 1.84. The van der Waals surface area contributed by atoms with Gasteiger partial charge in [-0.1, -0.05) is 23.7 Å². The van der Waals surface area contributed by atoms with Crippen molar-refractivity contribution < 1.29 is 9.59 Å². The number of benzene rings is 1. The van der Waals surface area contributed by atoms with Crippen molar-refractivity contribution in [1.29, 1.82) is 0 Å². The van der Waals surface area contributed by atoms with Crippen LogP contribution in [0.25, 0.3) is 0 Å². The lowest BCUT2D eigenvalue weighted by atomic mass is 9.99. The number of amides is 2. The summed E-state index contributed by atoms with van der Waals surface area (Å²) < 4.78 is 0. The molecule has 1 aliphatic rings. The van der Waals surface area contributed by atoms with Gasteiger partial charge in [0.15, 0.2) is 0 Å². The number of carbonyl (C=O) groups is 2. The van der Waals surface area contributed by atoms with E-state index in [1.54, 1.807) is 12.1 Å². The van der Waals surface area contributed by atoms with E-state index < -0.39 is 0 Å². The summed E-state index contributed by atoms with van der Waals surface area (Å²) in [6, 6.07) is 5.40. The molecule has 0 atom stereocenters. The van der Waals surface area contributed by atoms with Crippen LogP contribution in [-0.4, -0.2) is 18.4 Å². The van der Waals surface area contributed by atoms with Crippen LogP contribution in [0.3, 0.4) is 0 Å². The normalized spacial score (nSPS) is 14.3. The van der Waals surface area contributed by atoms with Crippen molar-refractivity contribution in [3.05, 3.63) is 40.4 Å². The molecule has 0 heterocycles. The van der Waals surface area contributed by atoms with E-state index in [2.05, 4.69) is 10.6 Å². The molecule has 1 aromatic rings. The molecule has 0 fully saturated rings. The quantitative estimate of drug-likeness (QED) is 0.897. The van der Waals surface area contributed by atoms with Gasteiger partial charge in [-0.05, 0) is 50.3 Å². The highest BCUT2D eigenvalue weighted by atomic mass is 35.5. The first kappa shape index (κ1) is 15.6. The number of hydrogen-bond donors (Lipinski definition) is 2. The van der Waals surface area contributed by atoms with Gasteiger partial charge in [0, 0.05) is 5.57 Å². The van der Waals surface area contributed by atoms with E-state index in [-0.39, 0.29) is 18.4 Å². The number of hydrogen-bond acceptors (Lipinski definition) is 2. The molecule has 0 radical (unpaired) electrons. The zero-order chi connectivity index (χ0) is 15.2. The van der Waals surface area contributed by atoms with Crippen molar-refractivity contribution in [3.8, 4) is 0 Å². The van der Waals surface area contributed by atoms with Crippen molar-refractivity contribution in [2.24, 2.45) is 0 Å². The summed E-state index contributed by atoms with van der Waals surface area (Å²) in [6.45, 7) is 1.87. The minimum atomic E-state index is -0.287. The third-order valence-electron chi connectivity index (χ3n) is 3.39. The van der Waals surface area contributed by atoms with E-state index in [9.17, 15) is 9.59 Å². The highest BCUT2D eigenvalue weighted by molar-refractivity contribution is 6.33. The van der Waals surface area contributed by atoms with Crippen molar-refractivity contribution in [3.63, 3.8) is 0 Å². The van der Waals surface area contributed by atoms with Gasteiger partial charge in [0.1, 0.15) is 0 Å². The minimum Gasteiger partial charge on any atom is -0.343 e. The minimum absolute atomic E-state index is 0.0552. The highest BCUT2D eigenvalue weighted by Gasteiger charge is 2.13. The average Bonchev–Trinajstić information content (AvgIpc) is 2.48. The van der Waals surface area contributed by atoms with E-state index >= 15 is 0 Å². The highest BCUT2D eigenvalue weighted by Crippen LogP contribution is 2.22. The molecule has 2 rings (SSSR count). The summed E-state index contributed by atoms with van der Waals surface area (Å²) in [6.07, 6.45) is 5.84. The predicted octanol–water partition coefficient (Wildman–Crippen LogP) is 3.20. The van der Waals surface area contributed by atoms with Gasteiger partial charge >= 0.3 is 0 Å². The van der Waals surface area contributed by atoms with Gasteiger partial charge in [0.25, 0.3) is 0 Å². The lowest BCUT2D eigenvalue weighted by Crippen LogP contribution is -2.34. The lowest BCUT2D eigenvalue weighted by molar-refractivity contribution is -0.121. The Morgan fingerprint density at radius 3 is 2.76 bits per heavy atom. The van der Waals surface area contributed by atoms with E-state index in [4.69, 9.17) is 11.6 Å². The Morgan fingerprint density at radius 1 is 1.29 bits per heavy atom. The maximum atomic E-state index is 11.9. The second-order valence-electron chi connectivity index (χ2n) is 5.19. The molecule has 0 aromatic heterocycles. The number of nitrogens with one attached hydrogen (secondary N) is 2. The number of aryl methyl sites for hydroxylation is 1. The largest absolute Gasteiger partial charge is 0.343 e. The SMILES string of the molecule is Cc1ccc(NC(=O)CNC(=O)C2=CCCCC2)c(Cl)c1. The second-order valence-corrected chi connectivity index (χ2v) is 5.60. The third kappa shape index (κ3) is 4.60. The van der Waals surface area contributed by atoms with Crippen LogP contribution in [0.2, 0.25) is 5.02 Å². The zero-order valence-electron chi connectivity index (χ0n) is 12.0. The smallest absolute Gasteiger partial charge is 0.247 e. The van der Waals surface area contributed by atoms with Crippen molar-refractivity contribution in [1.82, 2.24) is 5.32 Å². The Labute approximate surface area is 129 Å². The van der Waals surface area contributed by atoms with E-state index in [0.29, 0.717) is 10.7 Å². The summed E-state index contributed by atoms with van der Waals surface area (Å²) in [5, 5.41) is 5.82. The van der Waals surface area contributed by atoms with Gasteiger partial charge < -0.3 is 10.6 Å². The van der Waals surface area contributed by atoms with Crippen LogP contribution in [0, 0.1) is 6.92 Å². The standard InChI is InChI=1S/C16H19ClN2O2/c1-11-7-8-14(13(17)9-11)19-15(20)10-18-16(21)12-5-3-2-4-6-12/h5,7-9H,2-4,6,10H2,1H3,(H,18,21)(H,19,20). The molecule has 4 nitrogen and oxygen atoms in total. The molecule has 0 saturated heterocycles. The molecule has 2 N–H and O–H groups in total. The molecular weight excluding hydrogens is 288 g/mol. The fourth-order valence-corrected chi connectivity index (χ4v) is 2.52. The molecule has 2 amide bonds. The molecule has 0 spiro atoms. The van der Waals surface area contributed by atoms with Crippen LogP contribution < -0.4 is 10.6 Å². The van der Waals surface area contributed by atoms with Gasteiger partial charge in [-0.2, -0.15) is 0 Å². The third-order valence-corrected chi connectivity index (χ3v) is 3.70. The maximum Gasteiger partial charge on any atom is 0.247 e. The van der Waals surface area contributed by atoms with E-state index in [1.807, 2.05) is 19.1 Å². The molecule has 5 heteroatoms. The van der Waals surface area contributed by atoms with Gasteiger partial charge in [-0.3, -0.25) is 9.59 Å². The molecule has 1 aliphatic carbocycles. The van der Waals surface area contributed by atoms with Crippen LogP contribution in [0.4, 0.5) is 5.69 Å². The summed E-state index contributed by atoms with van der Waals surface area (Å²) in [5.74, 6) is -0.439. The van der Waals surface area contributed by atoms with Gasteiger partial charge in [0.2, 0.25) is 11.8 Å². The van der Waals surface area contributed by atoms with Crippen LogP contribution in [0.1, 0.15) is 31.2 Å². The van der Waals surface area contributed by atoms with Crippen LogP contribution in [0.5, 0.6) is 0 Å². The fourth-order valence-electron chi connectivity index (χ4n) is 2.23. The van der Waals surface area contributed by atoms with Gasteiger partial charge in [0.05, 0.1) is 17.3 Å². The summed E-state index contributed by atoms with van der Waals surface area (Å²) >= 11 is 6.05. The zero-order valence-corrected chi connectivity index (χ0v) is 12.8. The second kappa shape index (κ2) is 7.27. The Bertz CT molecular complexity index is 582. The molecular formula is C16H19ClN2O2. The predicted molar refractivity (Wildman–Crippen MR) is 84.4 cm³/mol. The summed E-state index contributed by atoms with van der Waals surface area (Å²) in [4.78, 5) is 23.7. The number of allylic oxidation sites excluding steroid dienone is 1. The summed E-state index contributed by atoms with van der Waals surface area (Å²) in [7, 11) is 0. The molecule has 0 unspecified atom stereocenters. The number of halogens is 1. The molecule has 112 valence electrons. The molecule has 0 bridgehead atoms. The van der Waals surface area contributed by atoms with Crippen LogP contribution >= 0.6 is 11.6 Å². The van der Waals surface area contributed by atoms with E-state index in [1.165, 1.54) is 0 Å². The molecule has 1 aromatic carbocycles. The molecule has 0 aliphatic heterocycles. The van der Waals surface area contributed by atoms with Crippen molar-refractivity contribution in [2.75, 3.05) is 11.9 Å². The Kier molecular flexibility index (Phi) is 5.39. The van der Waals surface area contributed by atoms with Gasteiger partial charge in [-0.15, -0.1) is 0 Å². The number of rotatable bonds is 4. The Morgan fingerprint density at radius 2 is 2.10 bits per heavy atom. The van der Waals surface area contributed by atoms with Crippen LogP contribution in [0.15, 0.2) is 29.8 Å². The molecule has 21 heavy (non-hydrogen) atoms. The Hall–Kier alpha value is -1.81. The first-order chi connectivity index (χ1) is 10.1. The topological polar surface area (TPSA) is 58.2 Å². The van der Waals surface area contributed by atoms with Crippen LogP contribution in [-0.2, 0) is 9.59 Å². The maximum absolute atomic E-state index is 11.9. The monoisotopic (exact) mass is 306 g/mol. The first-order valence-corrected chi connectivity index (χ1v) is 7.47. The van der Waals surface area contributed by atoms with Crippen molar-refractivity contribution >= 4 is 29.1 Å². The first-order valence-electron chi connectivity index (χ1n) is 7.09. The fraction of sp³-hybridized carbons (Fsp3) is 0.375. The number of anilines is 1. The average molecular weight is 307 g/mol. The molecule has 0 saturated carbocycles. The van der Waals surface area contributed by atoms with Crippen molar-refractivity contribution in [2.45, 2.75) is 32.6 Å². The van der Waals surface area contributed by atoms with Gasteiger partial charge in [-0.25, -0.2) is 0 Å². The summed E-state index contributed by atoms with van der Waals surface area (Å²) in [5.41, 5.74) is 2.36.